The van der Waals surface area contributed by atoms with Crippen molar-refractivity contribution < 1.29 is 13.2 Å². The Kier molecular flexibility index (Phi) is 8.60. The summed E-state index contributed by atoms with van der Waals surface area (Å²) in [6, 6.07) is 0.388. The van der Waals surface area contributed by atoms with Crippen molar-refractivity contribution in [3.05, 3.63) is 0 Å². The van der Waals surface area contributed by atoms with E-state index in [9.17, 15) is 13.2 Å². The van der Waals surface area contributed by atoms with Crippen LogP contribution in [0.1, 0.15) is 40.0 Å². The van der Waals surface area contributed by atoms with Crippen LogP contribution in [0.4, 0.5) is 13.2 Å². The highest BCUT2D eigenvalue weighted by Gasteiger charge is 2.29. The first-order valence-electron chi connectivity index (χ1n) is 6.41. The topological polar surface area (TPSA) is 15.3 Å². The summed E-state index contributed by atoms with van der Waals surface area (Å²) in [5.41, 5.74) is 0. The van der Waals surface area contributed by atoms with Crippen LogP contribution < -0.4 is 5.32 Å². The number of nitrogens with zero attached hydrogens (tertiary/aromatic N) is 1. The number of nitrogens with one attached hydrogen (secondary N) is 1. The van der Waals surface area contributed by atoms with Gasteiger partial charge in [0.05, 0.1) is 6.54 Å². The second-order valence-corrected chi connectivity index (χ2v) is 4.48. The van der Waals surface area contributed by atoms with E-state index in [1.54, 1.807) is 6.92 Å². The van der Waals surface area contributed by atoms with Crippen LogP contribution in [0.5, 0.6) is 0 Å². The molecule has 1 N–H and O–H groups in total. The number of halogens is 3. The van der Waals surface area contributed by atoms with E-state index in [1.165, 1.54) is 4.90 Å². The van der Waals surface area contributed by atoms with Gasteiger partial charge in [0.1, 0.15) is 0 Å². The minimum Gasteiger partial charge on any atom is -0.314 e. The van der Waals surface area contributed by atoms with E-state index < -0.39 is 12.7 Å². The minimum absolute atomic E-state index is 0.388. The number of hydrogen-bond donors (Lipinski definition) is 1. The predicted octanol–water partition coefficient (Wildman–Crippen LogP) is 3.04. The quantitative estimate of drug-likeness (QED) is 0.680. The molecule has 1 unspecified atom stereocenters. The van der Waals surface area contributed by atoms with Crippen molar-refractivity contribution in [3.63, 3.8) is 0 Å². The molecule has 1 atom stereocenters. The minimum atomic E-state index is -4.08. The molecule has 0 rings (SSSR count). The monoisotopic (exact) mass is 254 g/mol. The second kappa shape index (κ2) is 8.75. The van der Waals surface area contributed by atoms with Gasteiger partial charge in [0.2, 0.25) is 0 Å². The molecule has 0 fully saturated rings. The molecule has 2 nitrogen and oxygen atoms in total. The lowest BCUT2D eigenvalue weighted by Crippen LogP contribution is -2.35. The summed E-state index contributed by atoms with van der Waals surface area (Å²) >= 11 is 0. The zero-order valence-electron chi connectivity index (χ0n) is 11.1. The molecule has 0 saturated carbocycles. The number of alkyl halides is 3. The Balaban J connectivity index is 3.69. The number of hydrogen-bond acceptors (Lipinski definition) is 2. The molecular weight excluding hydrogens is 229 g/mol. The van der Waals surface area contributed by atoms with E-state index >= 15 is 0 Å². The normalized spacial score (nSPS) is 14.3. The molecule has 0 aliphatic rings. The van der Waals surface area contributed by atoms with Gasteiger partial charge in [0.15, 0.2) is 0 Å². The summed E-state index contributed by atoms with van der Waals surface area (Å²) in [7, 11) is 0. The van der Waals surface area contributed by atoms with Gasteiger partial charge in [0.25, 0.3) is 0 Å². The summed E-state index contributed by atoms with van der Waals surface area (Å²) < 4.78 is 36.6. The van der Waals surface area contributed by atoms with Crippen molar-refractivity contribution in [2.24, 2.45) is 0 Å². The Morgan fingerprint density at radius 3 is 2.35 bits per heavy atom. The van der Waals surface area contributed by atoms with Gasteiger partial charge in [-0.2, -0.15) is 13.2 Å². The van der Waals surface area contributed by atoms with Crippen LogP contribution >= 0.6 is 0 Å². The van der Waals surface area contributed by atoms with Gasteiger partial charge < -0.3 is 5.32 Å². The molecule has 0 heterocycles. The van der Waals surface area contributed by atoms with Gasteiger partial charge in [0, 0.05) is 6.04 Å². The average molecular weight is 254 g/mol. The molecule has 0 aromatic heterocycles. The lowest BCUT2D eigenvalue weighted by molar-refractivity contribution is -0.145. The van der Waals surface area contributed by atoms with Crippen LogP contribution in [0.2, 0.25) is 0 Å². The Morgan fingerprint density at radius 2 is 1.88 bits per heavy atom. The van der Waals surface area contributed by atoms with Gasteiger partial charge in [-0.05, 0) is 45.8 Å². The fourth-order valence-electron chi connectivity index (χ4n) is 1.72. The molecular formula is C12H25F3N2. The molecule has 0 bridgehead atoms. The zero-order chi connectivity index (χ0) is 13.3. The largest absolute Gasteiger partial charge is 0.401 e. The Hall–Kier alpha value is -0.290. The fraction of sp³-hybridized carbons (Fsp3) is 1.00. The maximum Gasteiger partial charge on any atom is 0.401 e. The van der Waals surface area contributed by atoms with Crippen molar-refractivity contribution >= 4 is 0 Å². The molecule has 0 aromatic carbocycles. The third kappa shape index (κ3) is 10.6. The van der Waals surface area contributed by atoms with Gasteiger partial charge in [-0.1, -0.05) is 13.8 Å². The predicted molar refractivity (Wildman–Crippen MR) is 65.2 cm³/mol. The maximum atomic E-state index is 12.2. The molecule has 0 spiro atoms. The summed E-state index contributed by atoms with van der Waals surface area (Å²) in [6.45, 7) is 7.11. The van der Waals surface area contributed by atoms with Crippen molar-refractivity contribution in [2.75, 3.05) is 26.2 Å². The van der Waals surface area contributed by atoms with Crippen LogP contribution in [-0.2, 0) is 0 Å². The molecule has 0 aliphatic heterocycles. The first-order valence-corrected chi connectivity index (χ1v) is 6.41. The van der Waals surface area contributed by atoms with E-state index in [4.69, 9.17) is 0 Å². The Bertz CT molecular complexity index is 183. The maximum absolute atomic E-state index is 12.2. The van der Waals surface area contributed by atoms with Crippen molar-refractivity contribution in [2.45, 2.75) is 52.3 Å². The van der Waals surface area contributed by atoms with Crippen LogP contribution in [-0.4, -0.2) is 43.3 Å². The number of rotatable bonds is 9. The van der Waals surface area contributed by atoms with Crippen LogP contribution in [0.15, 0.2) is 0 Å². The Labute approximate surface area is 103 Å². The van der Waals surface area contributed by atoms with Crippen LogP contribution in [0, 0.1) is 0 Å². The SMILES string of the molecule is CCCNC(C)CCCN(CC)CC(F)(F)F. The van der Waals surface area contributed by atoms with Crippen LogP contribution in [0.3, 0.4) is 0 Å². The van der Waals surface area contributed by atoms with Gasteiger partial charge in [-0.25, -0.2) is 0 Å². The summed E-state index contributed by atoms with van der Waals surface area (Å²) in [6.07, 6.45) is -1.27. The summed E-state index contributed by atoms with van der Waals surface area (Å²) in [4.78, 5) is 1.45. The van der Waals surface area contributed by atoms with E-state index in [0.717, 1.165) is 25.8 Å². The third-order valence-corrected chi connectivity index (χ3v) is 2.70. The smallest absolute Gasteiger partial charge is 0.314 e. The lowest BCUT2D eigenvalue weighted by Gasteiger charge is -2.22. The third-order valence-electron chi connectivity index (χ3n) is 2.70. The molecule has 5 heteroatoms. The Morgan fingerprint density at radius 1 is 1.24 bits per heavy atom. The lowest BCUT2D eigenvalue weighted by atomic mass is 10.1. The van der Waals surface area contributed by atoms with Gasteiger partial charge in [-0.15, -0.1) is 0 Å². The summed E-state index contributed by atoms with van der Waals surface area (Å²) in [5, 5.41) is 3.33. The zero-order valence-corrected chi connectivity index (χ0v) is 11.1. The highest BCUT2D eigenvalue weighted by atomic mass is 19.4. The molecule has 0 aliphatic carbocycles. The molecule has 0 radical (unpaired) electrons. The van der Waals surface area contributed by atoms with E-state index in [1.807, 2.05) is 0 Å². The first-order chi connectivity index (χ1) is 7.89. The second-order valence-electron chi connectivity index (χ2n) is 4.48. The van der Waals surface area contributed by atoms with Crippen molar-refractivity contribution in [3.8, 4) is 0 Å². The molecule has 0 aromatic rings. The molecule has 0 amide bonds. The highest BCUT2D eigenvalue weighted by Crippen LogP contribution is 2.16. The standard InChI is InChI=1S/C12H25F3N2/c1-4-8-16-11(3)7-6-9-17(5-2)10-12(13,14)15/h11,16H,4-10H2,1-3H3. The van der Waals surface area contributed by atoms with Crippen LogP contribution in [0.25, 0.3) is 0 Å². The van der Waals surface area contributed by atoms with E-state index in [0.29, 0.717) is 19.1 Å². The first kappa shape index (κ1) is 16.7. The van der Waals surface area contributed by atoms with Gasteiger partial charge >= 0.3 is 6.18 Å². The molecule has 0 saturated heterocycles. The van der Waals surface area contributed by atoms with Crippen molar-refractivity contribution in [1.29, 1.82) is 0 Å². The van der Waals surface area contributed by atoms with E-state index in [2.05, 4.69) is 19.2 Å². The summed E-state index contributed by atoms with van der Waals surface area (Å²) in [5.74, 6) is 0. The van der Waals surface area contributed by atoms with Crippen molar-refractivity contribution in [1.82, 2.24) is 10.2 Å². The van der Waals surface area contributed by atoms with E-state index in [-0.39, 0.29) is 0 Å². The fourth-order valence-corrected chi connectivity index (χ4v) is 1.72. The average Bonchev–Trinajstić information content (AvgIpc) is 2.23. The highest BCUT2D eigenvalue weighted by molar-refractivity contribution is 4.65. The van der Waals surface area contributed by atoms with Gasteiger partial charge in [-0.3, -0.25) is 4.90 Å². The molecule has 104 valence electrons. The molecule has 17 heavy (non-hydrogen) atoms.